The Morgan fingerprint density at radius 2 is 1.89 bits per heavy atom. The number of nitrogen functional groups attached to an aromatic ring is 1. The van der Waals surface area contributed by atoms with E-state index in [9.17, 15) is 14.4 Å². The standard InChI is InChI=1S/C37H38F8N8O2S/c1-5-52(25-9-12-53(18(25)2)34(54)50(3)4)32-21-13-23(36(40,41)42)27(20-7-8-24(39)30-26(20)22(15-46)31(47)56-30)28(37(43,44)45)29(21)48-33(49-32)55-17-35-10-6-11-51(35)16-19(38)14-35/h7-8,13,18-19,25H,5-6,9-12,14,16-17,47H2,1-4H3. The summed E-state index contributed by atoms with van der Waals surface area (Å²) in [6.45, 7) is 4.26. The van der Waals surface area contributed by atoms with Gasteiger partial charge in [-0.25, -0.2) is 13.6 Å². The molecule has 4 unspecified atom stereocenters. The van der Waals surface area contributed by atoms with Crippen LogP contribution in [0, 0.1) is 17.1 Å². The Morgan fingerprint density at radius 1 is 1.16 bits per heavy atom. The Kier molecular flexibility index (Phi) is 9.91. The first-order valence-corrected chi connectivity index (χ1v) is 18.8. The van der Waals surface area contributed by atoms with E-state index >= 15 is 30.7 Å². The van der Waals surface area contributed by atoms with E-state index in [0.717, 1.165) is 18.6 Å². The van der Waals surface area contributed by atoms with Gasteiger partial charge in [-0.2, -0.15) is 41.6 Å². The summed E-state index contributed by atoms with van der Waals surface area (Å²) in [6, 6.07) is 1.71. The number of nitrogens with zero attached hydrogens (tertiary/aromatic N) is 7. The summed E-state index contributed by atoms with van der Waals surface area (Å²) in [4.78, 5) is 28.1. The first kappa shape index (κ1) is 39.5. The molecule has 4 atom stereocenters. The highest BCUT2D eigenvalue weighted by Gasteiger charge is 2.50. The van der Waals surface area contributed by atoms with Crippen LogP contribution in [0.1, 0.15) is 56.2 Å². The van der Waals surface area contributed by atoms with Gasteiger partial charge in [-0.15, -0.1) is 11.3 Å². The fourth-order valence-electron chi connectivity index (χ4n) is 8.86. The van der Waals surface area contributed by atoms with E-state index in [0.29, 0.717) is 36.8 Å². The Bertz CT molecular complexity index is 2260. The topological polar surface area (TPSA) is 115 Å². The van der Waals surface area contributed by atoms with Crippen LogP contribution in [0.2, 0.25) is 0 Å². The Labute approximate surface area is 320 Å². The number of nitriles is 1. The maximum atomic E-state index is 15.7. The Balaban J connectivity index is 1.53. The zero-order chi connectivity index (χ0) is 40.6. The summed E-state index contributed by atoms with van der Waals surface area (Å²) in [5, 5.41) is 8.53. The summed E-state index contributed by atoms with van der Waals surface area (Å²) < 4.78 is 129. The van der Waals surface area contributed by atoms with Gasteiger partial charge in [0.25, 0.3) is 0 Å². The minimum Gasteiger partial charge on any atom is -0.461 e. The molecule has 3 saturated heterocycles. The lowest BCUT2D eigenvalue weighted by molar-refractivity contribution is -0.141. The molecule has 300 valence electrons. The first-order valence-electron chi connectivity index (χ1n) is 18.0. The first-order chi connectivity index (χ1) is 26.3. The summed E-state index contributed by atoms with van der Waals surface area (Å²) in [5.74, 6) is -1.28. The number of benzene rings is 2. The van der Waals surface area contributed by atoms with Crippen molar-refractivity contribution < 1.29 is 44.7 Å². The molecule has 2 N–H and O–H groups in total. The molecule has 2 aromatic carbocycles. The number of hydrogen-bond acceptors (Lipinski definition) is 9. The van der Waals surface area contributed by atoms with Gasteiger partial charge in [0.05, 0.1) is 44.5 Å². The molecule has 56 heavy (non-hydrogen) atoms. The SMILES string of the molecule is CCN(c1nc(OCC23CCCN2CC(F)C3)nc2c(C(F)(F)F)c(-c3ccc(F)c4sc(N)c(C#N)c34)c(C(F)(F)F)cc12)C1CCN(C(=O)N(C)C)C1C. The van der Waals surface area contributed by atoms with Gasteiger partial charge in [-0.05, 0) is 57.4 Å². The molecule has 3 aliphatic heterocycles. The summed E-state index contributed by atoms with van der Waals surface area (Å²) in [6.07, 6.45) is -10.4. The quantitative estimate of drug-likeness (QED) is 0.187. The van der Waals surface area contributed by atoms with Gasteiger partial charge in [0.2, 0.25) is 0 Å². The predicted molar refractivity (Wildman–Crippen MR) is 195 cm³/mol. The molecule has 0 aliphatic carbocycles. The smallest absolute Gasteiger partial charge is 0.419 e. The third kappa shape index (κ3) is 6.47. The van der Waals surface area contributed by atoms with Crippen molar-refractivity contribution >= 4 is 49.2 Å². The lowest BCUT2D eigenvalue weighted by Gasteiger charge is -2.35. The summed E-state index contributed by atoms with van der Waals surface area (Å²) in [5.41, 5.74) is -1.86. The van der Waals surface area contributed by atoms with E-state index in [1.54, 1.807) is 43.8 Å². The number of aromatic nitrogens is 2. The van der Waals surface area contributed by atoms with Gasteiger partial charge in [-0.3, -0.25) is 4.90 Å². The van der Waals surface area contributed by atoms with Crippen LogP contribution in [0.15, 0.2) is 18.2 Å². The van der Waals surface area contributed by atoms with Crippen molar-refractivity contribution in [3.05, 3.63) is 40.7 Å². The second-order valence-electron chi connectivity index (χ2n) is 14.8. The van der Waals surface area contributed by atoms with Gasteiger partial charge < -0.3 is 25.2 Å². The van der Waals surface area contributed by atoms with Crippen molar-refractivity contribution in [1.82, 2.24) is 24.7 Å². The van der Waals surface area contributed by atoms with Crippen molar-refractivity contribution in [2.75, 3.05) is 57.5 Å². The molecule has 3 aliphatic rings. The lowest BCUT2D eigenvalue weighted by Crippen LogP contribution is -2.48. The molecule has 5 heterocycles. The van der Waals surface area contributed by atoms with Crippen LogP contribution in [0.4, 0.5) is 50.7 Å². The molecule has 0 bridgehead atoms. The summed E-state index contributed by atoms with van der Waals surface area (Å²) in [7, 11) is 3.13. The van der Waals surface area contributed by atoms with Crippen LogP contribution in [0.25, 0.3) is 32.1 Å². The molecule has 2 amide bonds. The molecule has 0 radical (unpaired) electrons. The Morgan fingerprint density at radius 3 is 2.54 bits per heavy atom. The van der Waals surface area contributed by atoms with Crippen molar-refractivity contribution in [1.29, 1.82) is 5.26 Å². The number of carbonyl (C=O) groups is 1. The summed E-state index contributed by atoms with van der Waals surface area (Å²) >= 11 is 0.529. The zero-order valence-electron chi connectivity index (χ0n) is 30.8. The number of likely N-dealkylation sites (tertiary alicyclic amines) is 1. The highest BCUT2D eigenvalue weighted by atomic mass is 32.1. The highest BCUT2D eigenvalue weighted by Crippen LogP contribution is 2.52. The molecule has 0 saturated carbocycles. The third-order valence-corrected chi connectivity index (χ3v) is 12.4. The molecule has 10 nitrogen and oxygen atoms in total. The van der Waals surface area contributed by atoms with E-state index < -0.39 is 96.8 Å². The number of anilines is 2. The van der Waals surface area contributed by atoms with E-state index in [2.05, 4.69) is 9.97 Å². The van der Waals surface area contributed by atoms with Crippen LogP contribution in [-0.2, 0) is 12.4 Å². The maximum absolute atomic E-state index is 15.7. The van der Waals surface area contributed by atoms with Crippen LogP contribution in [0.3, 0.4) is 0 Å². The number of halogens is 8. The van der Waals surface area contributed by atoms with Crippen molar-refractivity contribution in [2.45, 2.75) is 75.7 Å². The van der Waals surface area contributed by atoms with Gasteiger partial charge in [0, 0.05) is 56.5 Å². The zero-order valence-corrected chi connectivity index (χ0v) is 31.6. The number of rotatable bonds is 7. The van der Waals surface area contributed by atoms with Crippen molar-refractivity contribution in [2.24, 2.45) is 0 Å². The molecular weight excluding hydrogens is 773 g/mol. The van der Waals surface area contributed by atoms with Gasteiger partial charge in [-0.1, -0.05) is 6.07 Å². The number of thiophene rings is 1. The lowest BCUT2D eigenvalue weighted by atomic mass is 9.88. The van der Waals surface area contributed by atoms with E-state index in [4.69, 9.17) is 10.5 Å². The number of amides is 2. The maximum Gasteiger partial charge on any atom is 0.419 e. The molecule has 0 spiro atoms. The number of nitrogens with two attached hydrogens (primary N) is 1. The number of fused-ring (bicyclic) bond motifs is 3. The molecule has 2 aromatic heterocycles. The van der Waals surface area contributed by atoms with Gasteiger partial charge in [0.1, 0.15) is 35.5 Å². The van der Waals surface area contributed by atoms with Crippen LogP contribution < -0.4 is 15.4 Å². The highest BCUT2D eigenvalue weighted by molar-refractivity contribution is 7.23. The largest absolute Gasteiger partial charge is 0.461 e. The monoisotopic (exact) mass is 810 g/mol. The fraction of sp³-hybridized carbons (Fsp3) is 0.514. The average Bonchev–Trinajstić information content (AvgIpc) is 3.86. The van der Waals surface area contributed by atoms with Crippen LogP contribution in [-0.4, -0.2) is 101 Å². The molecule has 19 heteroatoms. The van der Waals surface area contributed by atoms with E-state index in [1.807, 2.05) is 4.90 Å². The molecule has 7 rings (SSSR count). The molecular formula is C37H38F8N8O2S. The molecule has 3 fully saturated rings. The van der Waals surface area contributed by atoms with E-state index in [1.165, 1.54) is 4.90 Å². The Hall–Kier alpha value is -4.70. The normalized spacial score (nSPS) is 22.9. The predicted octanol–water partition coefficient (Wildman–Crippen LogP) is 8.07. The number of likely N-dealkylation sites (N-methyl/N-ethyl adjacent to an activating group) is 1. The van der Waals surface area contributed by atoms with Gasteiger partial charge >= 0.3 is 24.4 Å². The second kappa shape index (κ2) is 14.0. The second-order valence-corrected chi connectivity index (χ2v) is 15.8. The number of carbonyl (C=O) groups excluding carboxylic acids is 1. The van der Waals surface area contributed by atoms with Crippen LogP contribution in [0.5, 0.6) is 6.01 Å². The van der Waals surface area contributed by atoms with Gasteiger partial charge in [0.15, 0.2) is 0 Å². The van der Waals surface area contributed by atoms with Crippen LogP contribution >= 0.6 is 11.3 Å². The third-order valence-electron chi connectivity index (χ3n) is 11.3. The number of ether oxygens (including phenoxy) is 1. The fourth-order valence-corrected chi connectivity index (χ4v) is 9.81. The number of alkyl halides is 7. The minimum absolute atomic E-state index is 0.0501. The van der Waals surface area contributed by atoms with E-state index in [-0.39, 0.29) is 49.5 Å². The number of hydrogen-bond donors (Lipinski definition) is 1. The number of urea groups is 1. The minimum atomic E-state index is -5.52. The van der Waals surface area contributed by atoms with Crippen molar-refractivity contribution in [3.63, 3.8) is 0 Å². The van der Waals surface area contributed by atoms with Crippen molar-refractivity contribution in [3.8, 4) is 23.2 Å². The molecule has 4 aromatic rings. The average molecular weight is 811 g/mol.